The quantitative estimate of drug-likeness (QED) is 0.827. The molecule has 1 aliphatic heterocycles. The van der Waals surface area contributed by atoms with Crippen LogP contribution in [0.4, 0.5) is 0 Å². The molecule has 5 nitrogen and oxygen atoms in total. The van der Waals surface area contributed by atoms with E-state index in [1.807, 2.05) is 41.5 Å². The van der Waals surface area contributed by atoms with E-state index in [0.717, 1.165) is 0 Å². The Hall–Kier alpha value is -0.910. The molecule has 122 valence electrons. The van der Waals surface area contributed by atoms with Gasteiger partial charge in [-0.3, -0.25) is 13.8 Å². The van der Waals surface area contributed by atoms with Gasteiger partial charge in [-0.1, -0.05) is 41.5 Å². The highest BCUT2D eigenvalue weighted by Crippen LogP contribution is 2.27. The molecule has 1 aliphatic rings. The van der Waals surface area contributed by atoms with Gasteiger partial charge in [-0.2, -0.15) is 0 Å². The molecule has 0 aromatic carbocycles. The van der Waals surface area contributed by atoms with Crippen LogP contribution in [0.15, 0.2) is 0 Å². The summed E-state index contributed by atoms with van der Waals surface area (Å²) in [6, 6.07) is -0.986. The molecule has 0 bridgehead atoms. The van der Waals surface area contributed by atoms with Crippen molar-refractivity contribution >= 4 is 22.6 Å². The number of carbonyl (C=O) groups excluding carboxylic acids is 2. The largest absolute Gasteiger partial charge is 0.342 e. The number of piperazine rings is 1. The lowest BCUT2D eigenvalue weighted by Crippen LogP contribution is -2.68. The normalized spacial score (nSPS) is 25.2. The molecule has 0 radical (unpaired) electrons. The molecule has 1 rings (SSSR count). The summed E-state index contributed by atoms with van der Waals surface area (Å²) in [5.74, 6) is 0.865. The smallest absolute Gasteiger partial charge is 0.246 e. The number of nitrogens with zero attached hydrogens (tertiary/aromatic N) is 1. The van der Waals surface area contributed by atoms with E-state index in [1.54, 1.807) is 4.90 Å². The molecule has 3 unspecified atom stereocenters. The van der Waals surface area contributed by atoms with Crippen molar-refractivity contribution in [2.24, 2.45) is 11.3 Å². The molecule has 1 saturated heterocycles. The molecule has 0 spiro atoms. The van der Waals surface area contributed by atoms with Crippen LogP contribution in [0.3, 0.4) is 0 Å². The first-order chi connectivity index (χ1) is 9.59. The summed E-state index contributed by atoms with van der Waals surface area (Å²) in [5.41, 5.74) is -0.336. The summed E-state index contributed by atoms with van der Waals surface area (Å²) in [5, 5.41) is 2.86. The minimum absolute atomic E-state index is 0.0323. The molecule has 1 heterocycles. The van der Waals surface area contributed by atoms with Crippen molar-refractivity contribution in [3.63, 3.8) is 0 Å². The van der Waals surface area contributed by atoms with E-state index in [1.165, 1.54) is 0 Å². The van der Waals surface area contributed by atoms with E-state index in [2.05, 4.69) is 5.32 Å². The molecule has 3 atom stereocenters. The van der Waals surface area contributed by atoms with Crippen LogP contribution in [0.5, 0.6) is 0 Å². The second-order valence-electron chi connectivity index (χ2n) is 6.96. The average molecular weight is 316 g/mol. The first kappa shape index (κ1) is 18.1. The van der Waals surface area contributed by atoms with Crippen molar-refractivity contribution in [1.29, 1.82) is 0 Å². The van der Waals surface area contributed by atoms with Gasteiger partial charge in [0.2, 0.25) is 11.8 Å². The van der Waals surface area contributed by atoms with Crippen LogP contribution in [0.2, 0.25) is 0 Å². The molecule has 1 N–H and O–H groups in total. The SMILES string of the molecule is CCS(=O)CCN1C(=O)C(C(C)(C)C)NC(=O)C1C(C)C. The van der Waals surface area contributed by atoms with Gasteiger partial charge in [0.1, 0.15) is 12.1 Å². The van der Waals surface area contributed by atoms with Gasteiger partial charge in [0.05, 0.1) is 0 Å². The second kappa shape index (κ2) is 6.90. The van der Waals surface area contributed by atoms with Crippen molar-refractivity contribution in [2.45, 2.75) is 53.6 Å². The van der Waals surface area contributed by atoms with E-state index in [4.69, 9.17) is 0 Å². The zero-order chi connectivity index (χ0) is 16.4. The van der Waals surface area contributed by atoms with E-state index in [0.29, 0.717) is 18.1 Å². The fraction of sp³-hybridized carbons (Fsp3) is 0.867. The Balaban J connectivity index is 3.01. The van der Waals surface area contributed by atoms with Crippen LogP contribution >= 0.6 is 0 Å². The van der Waals surface area contributed by atoms with Crippen LogP contribution in [0, 0.1) is 11.3 Å². The lowest BCUT2D eigenvalue weighted by Gasteiger charge is -2.44. The van der Waals surface area contributed by atoms with E-state index >= 15 is 0 Å². The number of hydrogen-bond donors (Lipinski definition) is 1. The molecule has 6 heteroatoms. The van der Waals surface area contributed by atoms with Gasteiger partial charge in [0, 0.05) is 28.9 Å². The Labute approximate surface area is 130 Å². The van der Waals surface area contributed by atoms with Crippen molar-refractivity contribution in [2.75, 3.05) is 18.1 Å². The van der Waals surface area contributed by atoms with Crippen molar-refractivity contribution in [3.05, 3.63) is 0 Å². The van der Waals surface area contributed by atoms with E-state index < -0.39 is 22.9 Å². The molecular formula is C15H28N2O3S. The van der Waals surface area contributed by atoms with E-state index in [9.17, 15) is 13.8 Å². The maximum absolute atomic E-state index is 12.7. The molecule has 21 heavy (non-hydrogen) atoms. The lowest BCUT2D eigenvalue weighted by molar-refractivity contribution is -0.153. The number of carbonyl (C=O) groups is 2. The fourth-order valence-electron chi connectivity index (χ4n) is 2.58. The minimum atomic E-state index is -0.941. The molecule has 2 amide bonds. The zero-order valence-electron chi connectivity index (χ0n) is 13.9. The number of hydrogen-bond acceptors (Lipinski definition) is 3. The maximum atomic E-state index is 12.7. The highest BCUT2D eigenvalue weighted by atomic mass is 32.2. The third-order valence-electron chi connectivity index (χ3n) is 3.80. The summed E-state index contributed by atoms with van der Waals surface area (Å²) >= 11 is 0. The van der Waals surface area contributed by atoms with Crippen LogP contribution < -0.4 is 5.32 Å². The van der Waals surface area contributed by atoms with Gasteiger partial charge >= 0.3 is 0 Å². The van der Waals surface area contributed by atoms with Crippen LogP contribution in [0.1, 0.15) is 41.5 Å². The Morgan fingerprint density at radius 2 is 1.86 bits per heavy atom. The Kier molecular flexibility index (Phi) is 5.96. The Morgan fingerprint density at radius 3 is 2.29 bits per heavy atom. The topological polar surface area (TPSA) is 66.5 Å². The Bertz CT molecular complexity index is 429. The highest BCUT2D eigenvalue weighted by molar-refractivity contribution is 7.84. The summed E-state index contributed by atoms with van der Waals surface area (Å²) in [6.45, 7) is 11.9. The minimum Gasteiger partial charge on any atom is -0.342 e. The molecule has 0 aromatic heterocycles. The van der Waals surface area contributed by atoms with Crippen LogP contribution in [0.25, 0.3) is 0 Å². The predicted molar refractivity (Wildman–Crippen MR) is 85.3 cm³/mol. The first-order valence-electron chi connectivity index (χ1n) is 7.55. The van der Waals surface area contributed by atoms with Gasteiger partial charge < -0.3 is 10.2 Å². The van der Waals surface area contributed by atoms with Gasteiger partial charge in [-0.05, 0) is 11.3 Å². The van der Waals surface area contributed by atoms with Gasteiger partial charge in [-0.15, -0.1) is 0 Å². The third-order valence-corrected chi connectivity index (χ3v) is 5.08. The third kappa shape index (κ3) is 4.28. The molecule has 0 saturated carbocycles. The number of amides is 2. The van der Waals surface area contributed by atoms with Gasteiger partial charge in [0.15, 0.2) is 0 Å². The fourth-order valence-corrected chi connectivity index (χ4v) is 3.27. The van der Waals surface area contributed by atoms with E-state index in [-0.39, 0.29) is 23.1 Å². The van der Waals surface area contributed by atoms with Crippen molar-refractivity contribution < 1.29 is 13.8 Å². The van der Waals surface area contributed by atoms with Crippen LogP contribution in [-0.4, -0.2) is 51.1 Å². The monoisotopic (exact) mass is 316 g/mol. The first-order valence-corrected chi connectivity index (χ1v) is 9.04. The molecular weight excluding hydrogens is 288 g/mol. The van der Waals surface area contributed by atoms with Crippen molar-refractivity contribution in [3.8, 4) is 0 Å². The van der Waals surface area contributed by atoms with Gasteiger partial charge in [0.25, 0.3) is 0 Å². The predicted octanol–water partition coefficient (Wildman–Crippen LogP) is 1.15. The molecule has 1 fully saturated rings. The molecule has 0 aliphatic carbocycles. The summed E-state index contributed by atoms with van der Waals surface area (Å²) in [6.07, 6.45) is 0. The number of nitrogens with one attached hydrogen (secondary N) is 1. The number of rotatable bonds is 5. The standard InChI is InChI=1S/C15H28N2O3S/c1-7-21(20)9-8-17-11(10(2)3)13(18)16-12(14(17)19)15(4,5)6/h10-12H,7-9H2,1-6H3,(H,16,18). The second-order valence-corrected chi connectivity index (χ2v) is 8.83. The van der Waals surface area contributed by atoms with Gasteiger partial charge in [-0.25, -0.2) is 0 Å². The summed E-state index contributed by atoms with van der Waals surface area (Å²) in [4.78, 5) is 26.8. The highest BCUT2D eigenvalue weighted by Gasteiger charge is 2.45. The maximum Gasteiger partial charge on any atom is 0.246 e. The summed E-state index contributed by atoms with van der Waals surface area (Å²) in [7, 11) is -0.941. The average Bonchev–Trinajstić information content (AvgIpc) is 2.36. The molecule has 0 aromatic rings. The Morgan fingerprint density at radius 1 is 1.29 bits per heavy atom. The van der Waals surface area contributed by atoms with Crippen LogP contribution in [-0.2, 0) is 20.4 Å². The zero-order valence-corrected chi connectivity index (χ0v) is 14.8. The van der Waals surface area contributed by atoms with Crippen molar-refractivity contribution in [1.82, 2.24) is 10.2 Å². The summed E-state index contributed by atoms with van der Waals surface area (Å²) < 4.78 is 11.7. The lowest BCUT2D eigenvalue weighted by atomic mass is 9.83.